The average molecular weight is 409 g/mol. The van der Waals surface area contributed by atoms with Gasteiger partial charge in [0.15, 0.2) is 0 Å². The molecule has 0 saturated heterocycles. The van der Waals surface area contributed by atoms with Crippen LogP contribution in [0.4, 0.5) is 0 Å². The summed E-state index contributed by atoms with van der Waals surface area (Å²) in [6.45, 7) is 2.01. The number of sulfonamides is 1. The van der Waals surface area contributed by atoms with Gasteiger partial charge in [0.2, 0.25) is 10.0 Å². The number of aryl methyl sites for hydroxylation is 1. The molecule has 0 spiro atoms. The molecule has 0 radical (unpaired) electrons. The minimum Gasteiger partial charge on any atom is -0.495 e. The third-order valence-electron chi connectivity index (χ3n) is 3.75. The van der Waals surface area contributed by atoms with Crippen molar-refractivity contribution >= 4 is 33.0 Å². The van der Waals surface area contributed by atoms with E-state index in [2.05, 4.69) is 9.71 Å². The lowest BCUT2D eigenvalue weighted by atomic mass is 10.2. The van der Waals surface area contributed by atoms with E-state index in [1.54, 1.807) is 6.07 Å². The molecule has 0 saturated carbocycles. The number of hydrogen-bond acceptors (Lipinski definition) is 5. The standard InChI is InChI=1S/C18H17ClN2O3S2/c1-12-16(25-18(21-12)13-6-4-3-5-7-13)11-20-26(22,23)17-10-14(19)8-9-15(17)24-2/h3-10,20H,11H2,1-2H3. The largest absolute Gasteiger partial charge is 0.495 e. The van der Waals surface area contributed by atoms with E-state index >= 15 is 0 Å². The van der Waals surface area contributed by atoms with E-state index in [1.165, 1.54) is 30.6 Å². The third kappa shape index (κ3) is 4.07. The number of aromatic nitrogens is 1. The van der Waals surface area contributed by atoms with E-state index in [4.69, 9.17) is 16.3 Å². The number of rotatable bonds is 6. The van der Waals surface area contributed by atoms with Crippen LogP contribution in [0.25, 0.3) is 10.6 Å². The van der Waals surface area contributed by atoms with Crippen molar-refractivity contribution in [1.29, 1.82) is 0 Å². The van der Waals surface area contributed by atoms with Gasteiger partial charge in [-0.05, 0) is 25.1 Å². The zero-order valence-corrected chi connectivity index (χ0v) is 16.6. The van der Waals surface area contributed by atoms with Gasteiger partial charge in [0.1, 0.15) is 15.7 Å². The fourth-order valence-electron chi connectivity index (χ4n) is 2.40. The highest BCUT2D eigenvalue weighted by atomic mass is 35.5. The molecule has 26 heavy (non-hydrogen) atoms. The van der Waals surface area contributed by atoms with Gasteiger partial charge >= 0.3 is 0 Å². The summed E-state index contributed by atoms with van der Waals surface area (Å²) in [6, 6.07) is 14.3. The van der Waals surface area contributed by atoms with Gasteiger partial charge < -0.3 is 4.74 Å². The summed E-state index contributed by atoms with van der Waals surface area (Å²) < 4.78 is 33.1. The molecule has 8 heteroatoms. The van der Waals surface area contributed by atoms with E-state index in [9.17, 15) is 8.42 Å². The van der Waals surface area contributed by atoms with Crippen molar-refractivity contribution in [3.8, 4) is 16.3 Å². The second-order valence-electron chi connectivity index (χ2n) is 5.51. The molecule has 0 unspecified atom stereocenters. The zero-order valence-electron chi connectivity index (χ0n) is 14.2. The van der Waals surface area contributed by atoms with E-state index < -0.39 is 10.0 Å². The highest BCUT2D eigenvalue weighted by molar-refractivity contribution is 7.89. The Morgan fingerprint density at radius 1 is 1.19 bits per heavy atom. The van der Waals surface area contributed by atoms with Gasteiger partial charge in [0.25, 0.3) is 0 Å². The van der Waals surface area contributed by atoms with Crippen LogP contribution in [-0.2, 0) is 16.6 Å². The van der Waals surface area contributed by atoms with Crippen molar-refractivity contribution in [3.63, 3.8) is 0 Å². The van der Waals surface area contributed by atoms with Gasteiger partial charge in [-0.3, -0.25) is 0 Å². The van der Waals surface area contributed by atoms with Crippen LogP contribution in [0.1, 0.15) is 10.6 Å². The smallest absolute Gasteiger partial charge is 0.244 e. The SMILES string of the molecule is COc1ccc(Cl)cc1S(=O)(=O)NCc1sc(-c2ccccc2)nc1C. The van der Waals surface area contributed by atoms with Crippen molar-refractivity contribution < 1.29 is 13.2 Å². The molecule has 0 fully saturated rings. The molecule has 136 valence electrons. The minimum atomic E-state index is -3.78. The Morgan fingerprint density at radius 3 is 2.62 bits per heavy atom. The lowest BCUT2D eigenvalue weighted by molar-refractivity contribution is 0.402. The Balaban J connectivity index is 1.83. The van der Waals surface area contributed by atoms with Crippen LogP contribution in [0, 0.1) is 6.92 Å². The summed E-state index contributed by atoms with van der Waals surface area (Å²) >= 11 is 7.40. The van der Waals surface area contributed by atoms with Gasteiger partial charge in [-0.25, -0.2) is 18.1 Å². The predicted molar refractivity (Wildman–Crippen MR) is 104 cm³/mol. The van der Waals surface area contributed by atoms with Crippen molar-refractivity contribution in [2.45, 2.75) is 18.4 Å². The highest BCUT2D eigenvalue weighted by Gasteiger charge is 2.21. The quantitative estimate of drug-likeness (QED) is 0.661. The fraction of sp³-hybridized carbons (Fsp3) is 0.167. The zero-order chi connectivity index (χ0) is 18.7. The number of nitrogens with one attached hydrogen (secondary N) is 1. The molecule has 1 N–H and O–H groups in total. The molecule has 0 aliphatic heterocycles. The van der Waals surface area contributed by atoms with Crippen LogP contribution >= 0.6 is 22.9 Å². The summed E-state index contributed by atoms with van der Waals surface area (Å²) in [5.74, 6) is 0.243. The first-order valence-electron chi connectivity index (χ1n) is 7.75. The van der Waals surface area contributed by atoms with Crippen molar-refractivity contribution in [2.24, 2.45) is 0 Å². The Labute approximate surface area is 161 Å². The molecular formula is C18H17ClN2O3S2. The molecule has 1 aromatic heterocycles. The summed E-state index contributed by atoms with van der Waals surface area (Å²) in [6.07, 6.45) is 0. The molecule has 1 heterocycles. The number of halogens is 1. The first kappa shape index (κ1) is 18.8. The molecule has 2 aromatic carbocycles. The summed E-state index contributed by atoms with van der Waals surface area (Å²) in [5.41, 5.74) is 1.81. The lowest BCUT2D eigenvalue weighted by Gasteiger charge is -2.10. The van der Waals surface area contributed by atoms with Crippen molar-refractivity contribution in [2.75, 3.05) is 7.11 Å². The number of methoxy groups -OCH3 is 1. The number of benzene rings is 2. The van der Waals surface area contributed by atoms with E-state index in [-0.39, 0.29) is 17.2 Å². The minimum absolute atomic E-state index is 0.0120. The Hall–Kier alpha value is -1.93. The number of thiazole rings is 1. The molecule has 3 rings (SSSR count). The maximum absolute atomic E-state index is 12.7. The van der Waals surface area contributed by atoms with Crippen LogP contribution in [0.5, 0.6) is 5.75 Å². The molecule has 3 aromatic rings. The summed E-state index contributed by atoms with van der Waals surface area (Å²) in [7, 11) is -2.36. The van der Waals surface area contributed by atoms with Gasteiger partial charge in [0.05, 0.1) is 12.8 Å². The predicted octanol–water partition coefficient (Wildman–Crippen LogP) is 4.26. The van der Waals surface area contributed by atoms with Crippen molar-refractivity contribution in [3.05, 3.63) is 64.1 Å². The molecule has 0 aliphatic rings. The van der Waals surface area contributed by atoms with E-state index in [0.29, 0.717) is 5.02 Å². The third-order valence-corrected chi connectivity index (χ3v) is 6.62. The Bertz CT molecular complexity index is 1020. The molecule has 0 aliphatic carbocycles. The van der Waals surface area contributed by atoms with Crippen LogP contribution in [0.2, 0.25) is 5.02 Å². The number of ether oxygens (including phenoxy) is 1. The topological polar surface area (TPSA) is 68.3 Å². The molecule has 0 bridgehead atoms. The molecule has 5 nitrogen and oxygen atoms in total. The molecular weight excluding hydrogens is 392 g/mol. The second-order valence-corrected chi connectivity index (χ2v) is 8.77. The van der Waals surface area contributed by atoms with Crippen LogP contribution < -0.4 is 9.46 Å². The number of hydrogen-bond donors (Lipinski definition) is 1. The van der Waals surface area contributed by atoms with Gasteiger partial charge in [-0.2, -0.15) is 0 Å². The fourth-order valence-corrected chi connectivity index (χ4v) is 4.92. The number of nitrogens with zero attached hydrogens (tertiary/aromatic N) is 1. The van der Waals surface area contributed by atoms with Crippen LogP contribution in [0.3, 0.4) is 0 Å². The van der Waals surface area contributed by atoms with Crippen LogP contribution in [-0.4, -0.2) is 20.5 Å². The van der Waals surface area contributed by atoms with Gasteiger partial charge in [-0.1, -0.05) is 41.9 Å². The summed E-state index contributed by atoms with van der Waals surface area (Å²) in [5, 5.41) is 1.18. The maximum atomic E-state index is 12.7. The maximum Gasteiger partial charge on any atom is 0.244 e. The highest BCUT2D eigenvalue weighted by Crippen LogP contribution is 2.29. The average Bonchev–Trinajstić information content (AvgIpc) is 3.02. The van der Waals surface area contributed by atoms with E-state index in [1.807, 2.05) is 37.3 Å². The normalized spacial score (nSPS) is 11.5. The molecule has 0 amide bonds. The van der Waals surface area contributed by atoms with Crippen molar-refractivity contribution in [1.82, 2.24) is 9.71 Å². The molecule has 0 atom stereocenters. The van der Waals surface area contributed by atoms with Crippen LogP contribution in [0.15, 0.2) is 53.4 Å². The van der Waals surface area contributed by atoms with Gasteiger partial charge in [0, 0.05) is 22.0 Å². The van der Waals surface area contributed by atoms with Gasteiger partial charge in [-0.15, -0.1) is 11.3 Å². The lowest BCUT2D eigenvalue weighted by Crippen LogP contribution is -2.23. The second kappa shape index (κ2) is 7.75. The first-order chi connectivity index (χ1) is 12.4. The Kier molecular flexibility index (Phi) is 5.62. The summed E-state index contributed by atoms with van der Waals surface area (Å²) in [4.78, 5) is 5.41. The first-order valence-corrected chi connectivity index (χ1v) is 10.4. The monoisotopic (exact) mass is 408 g/mol. The Morgan fingerprint density at radius 2 is 1.92 bits per heavy atom. The van der Waals surface area contributed by atoms with E-state index in [0.717, 1.165) is 21.1 Å².